The van der Waals surface area contributed by atoms with Gasteiger partial charge in [-0.15, -0.1) is 0 Å². The van der Waals surface area contributed by atoms with Crippen molar-refractivity contribution in [2.24, 2.45) is 0 Å². The Morgan fingerprint density at radius 2 is 1.71 bits per heavy atom. The van der Waals surface area contributed by atoms with Crippen LogP contribution in [0, 0.1) is 0 Å². The summed E-state index contributed by atoms with van der Waals surface area (Å²) in [5.41, 5.74) is -0.132. The van der Waals surface area contributed by atoms with Crippen LogP contribution >= 0.6 is 0 Å². The van der Waals surface area contributed by atoms with E-state index in [1.807, 2.05) is 45.0 Å². The van der Waals surface area contributed by atoms with Crippen molar-refractivity contribution in [2.75, 3.05) is 7.11 Å². The second kappa shape index (κ2) is 5.74. The van der Waals surface area contributed by atoms with Gasteiger partial charge in [0, 0.05) is 5.56 Å². The Morgan fingerprint density at radius 1 is 1.14 bits per heavy atom. The highest BCUT2D eigenvalue weighted by molar-refractivity contribution is 5.87. The fraction of sp³-hybridized carbons (Fsp3) is 0.353. The van der Waals surface area contributed by atoms with Crippen LogP contribution in [0.5, 0.6) is 5.75 Å². The maximum atomic E-state index is 12.0. The molecular formula is C17H20O4. The molecule has 1 unspecified atom stereocenters. The Hall–Kier alpha value is -2.07. The second-order valence-electron chi connectivity index (χ2n) is 5.89. The monoisotopic (exact) mass is 288 g/mol. The first-order valence-electron chi connectivity index (χ1n) is 6.79. The summed E-state index contributed by atoms with van der Waals surface area (Å²) in [5.74, 6) is -0.510. The maximum Gasteiger partial charge on any atom is 0.339 e. The number of fused-ring (bicyclic) bond motifs is 1. The van der Waals surface area contributed by atoms with Crippen LogP contribution < -0.4 is 0 Å². The van der Waals surface area contributed by atoms with E-state index in [1.165, 1.54) is 7.11 Å². The molecule has 112 valence electrons. The van der Waals surface area contributed by atoms with Gasteiger partial charge in [0.25, 0.3) is 0 Å². The number of hydrogen-bond donors (Lipinski definition) is 1. The van der Waals surface area contributed by atoms with E-state index in [2.05, 4.69) is 0 Å². The third-order valence-electron chi connectivity index (χ3n) is 3.06. The molecule has 0 radical (unpaired) electrons. The van der Waals surface area contributed by atoms with Crippen LogP contribution in [0.25, 0.3) is 10.8 Å². The normalized spacial score (nSPS) is 13.1. The van der Waals surface area contributed by atoms with Gasteiger partial charge in [0.1, 0.15) is 5.75 Å². The van der Waals surface area contributed by atoms with Gasteiger partial charge in [-0.1, -0.05) is 24.3 Å². The molecule has 4 nitrogen and oxygen atoms in total. The van der Waals surface area contributed by atoms with Crippen molar-refractivity contribution < 1.29 is 19.4 Å². The lowest BCUT2D eigenvalue weighted by atomic mass is 10.0. The van der Waals surface area contributed by atoms with Gasteiger partial charge in [-0.2, -0.15) is 0 Å². The fourth-order valence-electron chi connectivity index (χ4n) is 2.16. The summed E-state index contributed by atoms with van der Waals surface area (Å²) in [6.07, 6.45) is -0.959. The van der Waals surface area contributed by atoms with Gasteiger partial charge >= 0.3 is 5.97 Å². The molecule has 2 aromatic rings. The lowest BCUT2D eigenvalue weighted by molar-refractivity contribution is -0.164. The number of hydrogen-bond acceptors (Lipinski definition) is 4. The molecule has 0 aliphatic rings. The molecule has 0 saturated carbocycles. The minimum Gasteiger partial charge on any atom is -0.508 e. The number of aromatic hydroxyl groups is 1. The molecule has 1 N–H and O–H groups in total. The Kier molecular flexibility index (Phi) is 4.19. The van der Waals surface area contributed by atoms with Gasteiger partial charge in [-0.25, -0.2) is 4.79 Å². The molecular weight excluding hydrogens is 268 g/mol. The number of methoxy groups -OCH3 is 1. The van der Waals surface area contributed by atoms with Crippen LogP contribution in [0.15, 0.2) is 36.4 Å². The van der Waals surface area contributed by atoms with Crippen LogP contribution in [0.4, 0.5) is 0 Å². The van der Waals surface area contributed by atoms with Gasteiger partial charge < -0.3 is 14.6 Å². The van der Waals surface area contributed by atoms with Crippen molar-refractivity contribution >= 4 is 16.7 Å². The quantitative estimate of drug-likeness (QED) is 0.877. The van der Waals surface area contributed by atoms with Gasteiger partial charge in [0.2, 0.25) is 0 Å². The van der Waals surface area contributed by atoms with Crippen molar-refractivity contribution in [1.82, 2.24) is 0 Å². The van der Waals surface area contributed by atoms with E-state index in [0.717, 1.165) is 10.8 Å². The zero-order chi connectivity index (χ0) is 15.6. The van der Waals surface area contributed by atoms with Crippen molar-refractivity contribution in [3.8, 4) is 5.75 Å². The number of rotatable bonds is 3. The first kappa shape index (κ1) is 15.3. The van der Waals surface area contributed by atoms with E-state index in [1.54, 1.807) is 12.1 Å². The molecule has 0 aliphatic carbocycles. The summed E-state index contributed by atoms with van der Waals surface area (Å²) in [7, 11) is 1.31. The number of esters is 1. The first-order chi connectivity index (χ1) is 9.81. The first-order valence-corrected chi connectivity index (χ1v) is 6.79. The van der Waals surface area contributed by atoms with E-state index in [-0.39, 0.29) is 5.75 Å². The van der Waals surface area contributed by atoms with E-state index in [4.69, 9.17) is 9.47 Å². The second-order valence-corrected chi connectivity index (χ2v) is 5.89. The largest absolute Gasteiger partial charge is 0.508 e. The minimum atomic E-state index is -0.959. The maximum absolute atomic E-state index is 12.0. The molecule has 0 spiro atoms. The molecule has 0 saturated heterocycles. The highest BCUT2D eigenvalue weighted by Crippen LogP contribution is 2.34. The van der Waals surface area contributed by atoms with Gasteiger partial charge in [0.05, 0.1) is 12.7 Å². The van der Waals surface area contributed by atoms with Crippen LogP contribution in [0.3, 0.4) is 0 Å². The average molecular weight is 288 g/mol. The van der Waals surface area contributed by atoms with E-state index < -0.39 is 17.7 Å². The van der Waals surface area contributed by atoms with E-state index in [9.17, 15) is 9.90 Å². The van der Waals surface area contributed by atoms with E-state index in [0.29, 0.717) is 5.56 Å². The molecule has 0 amide bonds. The van der Waals surface area contributed by atoms with Crippen molar-refractivity contribution in [1.29, 1.82) is 0 Å². The fourth-order valence-corrected chi connectivity index (χ4v) is 2.16. The molecule has 2 rings (SSSR count). The Balaban J connectivity index is 2.53. The standard InChI is InChI=1S/C17H20O4/c1-17(2,3)21-15(16(19)20-4)13-9-11-7-5-6-8-12(11)10-14(13)18/h5-10,15,18H,1-4H3. The molecule has 0 aromatic heterocycles. The lowest BCUT2D eigenvalue weighted by Crippen LogP contribution is -2.28. The Labute approximate surface area is 124 Å². The molecule has 4 heteroatoms. The SMILES string of the molecule is COC(=O)C(OC(C)(C)C)c1cc2ccccc2cc1O. The van der Waals surface area contributed by atoms with Gasteiger partial charge in [0.15, 0.2) is 6.10 Å². The number of phenols is 1. The van der Waals surface area contributed by atoms with Crippen LogP contribution in [0.1, 0.15) is 32.4 Å². The zero-order valence-electron chi connectivity index (χ0n) is 12.7. The predicted molar refractivity (Wildman–Crippen MR) is 81.2 cm³/mol. The molecule has 0 bridgehead atoms. The minimum absolute atomic E-state index is 0.0216. The number of carbonyl (C=O) groups excluding carboxylic acids is 1. The molecule has 0 heterocycles. The number of ether oxygens (including phenoxy) is 2. The smallest absolute Gasteiger partial charge is 0.339 e. The van der Waals surface area contributed by atoms with E-state index >= 15 is 0 Å². The summed E-state index contributed by atoms with van der Waals surface area (Å²) >= 11 is 0. The Morgan fingerprint density at radius 3 is 2.24 bits per heavy atom. The van der Waals surface area contributed by atoms with Crippen LogP contribution in [0.2, 0.25) is 0 Å². The highest BCUT2D eigenvalue weighted by atomic mass is 16.6. The van der Waals surface area contributed by atoms with Gasteiger partial charge in [-0.3, -0.25) is 0 Å². The topological polar surface area (TPSA) is 55.8 Å². The van der Waals surface area contributed by atoms with Crippen molar-refractivity contribution in [3.63, 3.8) is 0 Å². The third-order valence-corrected chi connectivity index (χ3v) is 3.06. The molecule has 2 aromatic carbocycles. The van der Waals surface area contributed by atoms with Crippen molar-refractivity contribution in [2.45, 2.75) is 32.5 Å². The van der Waals surface area contributed by atoms with Crippen molar-refractivity contribution in [3.05, 3.63) is 42.0 Å². The summed E-state index contributed by atoms with van der Waals surface area (Å²) in [6, 6.07) is 11.0. The van der Waals surface area contributed by atoms with Gasteiger partial charge in [-0.05, 0) is 43.7 Å². The lowest BCUT2D eigenvalue weighted by Gasteiger charge is -2.26. The van der Waals surface area contributed by atoms with Crippen LogP contribution in [-0.2, 0) is 14.3 Å². The zero-order valence-corrected chi connectivity index (χ0v) is 12.7. The summed E-state index contributed by atoms with van der Waals surface area (Å²) < 4.78 is 10.6. The number of carbonyl (C=O) groups is 1. The molecule has 1 atom stereocenters. The molecule has 0 aliphatic heterocycles. The Bertz CT molecular complexity index is 655. The number of phenolic OH excluding ortho intramolecular Hbond substituents is 1. The highest BCUT2D eigenvalue weighted by Gasteiger charge is 2.30. The average Bonchev–Trinajstić information content (AvgIpc) is 2.42. The molecule has 21 heavy (non-hydrogen) atoms. The predicted octanol–water partition coefficient (Wildman–Crippen LogP) is 3.57. The summed E-state index contributed by atoms with van der Waals surface area (Å²) in [6.45, 7) is 5.54. The summed E-state index contributed by atoms with van der Waals surface area (Å²) in [4.78, 5) is 12.0. The van der Waals surface area contributed by atoms with Crippen LogP contribution in [-0.4, -0.2) is 23.8 Å². The third kappa shape index (κ3) is 3.52. The molecule has 0 fully saturated rings. The summed E-state index contributed by atoms with van der Waals surface area (Å²) in [5, 5.41) is 12.1. The number of benzene rings is 2.